The molecule has 108 valence electrons. The van der Waals surface area contributed by atoms with Gasteiger partial charge in [-0.05, 0) is 11.0 Å². The van der Waals surface area contributed by atoms with Gasteiger partial charge in [-0.1, -0.05) is 51.1 Å². The van der Waals surface area contributed by atoms with Crippen molar-refractivity contribution in [1.82, 2.24) is 5.32 Å². The number of rotatable bonds is 3. The summed E-state index contributed by atoms with van der Waals surface area (Å²) in [5.74, 6) is -0.369. The van der Waals surface area contributed by atoms with Crippen LogP contribution in [0.15, 0.2) is 30.3 Å². The molecule has 5 heteroatoms. The van der Waals surface area contributed by atoms with Crippen molar-refractivity contribution in [3.8, 4) is 0 Å². The second-order valence-electron chi connectivity index (χ2n) is 6.28. The van der Waals surface area contributed by atoms with Crippen molar-refractivity contribution in [2.75, 3.05) is 6.61 Å². The molecule has 0 aliphatic carbocycles. The molecule has 20 heavy (non-hydrogen) atoms. The van der Waals surface area contributed by atoms with E-state index in [1.54, 1.807) is 0 Å². The van der Waals surface area contributed by atoms with Gasteiger partial charge in [-0.15, -0.1) is 0 Å². The predicted molar refractivity (Wildman–Crippen MR) is 79.0 cm³/mol. The van der Waals surface area contributed by atoms with Crippen LogP contribution in [0.3, 0.4) is 0 Å². The van der Waals surface area contributed by atoms with Gasteiger partial charge in [0.15, 0.2) is 0 Å². The molecule has 1 aromatic rings. The van der Waals surface area contributed by atoms with E-state index in [4.69, 9.17) is 9.31 Å². The van der Waals surface area contributed by atoms with E-state index >= 15 is 0 Å². The number of hydrogen-bond donors (Lipinski definition) is 1. The summed E-state index contributed by atoms with van der Waals surface area (Å²) in [5, 5.41) is 2.92. The lowest BCUT2D eigenvalue weighted by Crippen LogP contribution is -2.40. The van der Waals surface area contributed by atoms with Crippen LogP contribution in [0.5, 0.6) is 0 Å². The van der Waals surface area contributed by atoms with Gasteiger partial charge in [0.2, 0.25) is 5.91 Å². The third-order valence-electron chi connectivity index (χ3n) is 3.47. The van der Waals surface area contributed by atoms with E-state index in [2.05, 4.69) is 26.1 Å². The van der Waals surface area contributed by atoms with Crippen LogP contribution in [0.1, 0.15) is 39.2 Å². The molecular weight excluding hydrogens is 253 g/mol. The lowest BCUT2D eigenvalue weighted by molar-refractivity contribution is -0.119. The Morgan fingerprint density at radius 3 is 2.50 bits per heavy atom. The van der Waals surface area contributed by atoms with Crippen molar-refractivity contribution in [3.63, 3.8) is 0 Å². The van der Waals surface area contributed by atoms with Gasteiger partial charge in [0, 0.05) is 6.92 Å². The van der Waals surface area contributed by atoms with Crippen molar-refractivity contribution in [1.29, 1.82) is 0 Å². The normalized spacial score (nSPS) is 20.8. The molecular formula is C15H22BNO3. The lowest BCUT2D eigenvalue weighted by atomic mass is 9.74. The maximum atomic E-state index is 11.4. The molecule has 4 nitrogen and oxygen atoms in total. The van der Waals surface area contributed by atoms with Crippen LogP contribution >= 0.6 is 0 Å². The first kappa shape index (κ1) is 15.1. The van der Waals surface area contributed by atoms with Crippen molar-refractivity contribution in [2.45, 2.75) is 39.7 Å². The molecule has 0 bridgehead atoms. The fraction of sp³-hybridized carbons (Fsp3) is 0.533. The number of carbonyl (C=O) groups excluding carboxylic acids is 1. The number of nitrogens with one attached hydrogen (secondary N) is 1. The average Bonchev–Trinajstić information content (AvgIpc) is 2.86. The highest BCUT2D eigenvalue weighted by molar-refractivity contribution is 6.47. The minimum Gasteiger partial charge on any atom is -0.407 e. The summed E-state index contributed by atoms with van der Waals surface area (Å²) in [4.78, 5) is 11.4. The monoisotopic (exact) mass is 275 g/mol. The molecule has 0 aromatic heterocycles. The molecule has 1 amide bonds. The standard InChI is InChI=1S/C15H22BNO3/c1-11(18)17-14(12-8-6-5-7-9-12)16-19-10-13(20-16)15(2,3)4/h5-9,13-14H,10H2,1-4H3,(H,17,18)/t13?,14-/m1/s1. The summed E-state index contributed by atoms with van der Waals surface area (Å²) in [6.45, 7) is 8.43. The Morgan fingerprint density at radius 2 is 2.00 bits per heavy atom. The molecule has 1 N–H and O–H groups in total. The highest BCUT2D eigenvalue weighted by Crippen LogP contribution is 2.31. The Morgan fingerprint density at radius 1 is 1.35 bits per heavy atom. The number of benzene rings is 1. The largest absolute Gasteiger partial charge is 0.486 e. The fourth-order valence-electron chi connectivity index (χ4n) is 2.24. The Bertz CT molecular complexity index is 458. The Kier molecular flexibility index (Phi) is 4.50. The first-order valence-electron chi connectivity index (χ1n) is 6.97. The second-order valence-corrected chi connectivity index (χ2v) is 6.28. The third kappa shape index (κ3) is 3.61. The molecule has 0 saturated carbocycles. The minimum absolute atomic E-state index is 0.0201. The molecule has 1 aliphatic rings. The molecule has 0 radical (unpaired) electrons. The Hall–Kier alpha value is -1.33. The van der Waals surface area contributed by atoms with E-state index in [0.717, 1.165) is 5.56 Å². The van der Waals surface area contributed by atoms with Gasteiger partial charge in [0.1, 0.15) is 0 Å². The van der Waals surface area contributed by atoms with Gasteiger partial charge >= 0.3 is 7.12 Å². The van der Waals surface area contributed by atoms with Crippen LogP contribution in [0.25, 0.3) is 0 Å². The van der Waals surface area contributed by atoms with Gasteiger partial charge in [-0.3, -0.25) is 4.79 Å². The molecule has 1 aromatic carbocycles. The topological polar surface area (TPSA) is 47.6 Å². The first-order chi connectivity index (χ1) is 9.38. The van der Waals surface area contributed by atoms with Crippen LogP contribution < -0.4 is 5.32 Å². The van der Waals surface area contributed by atoms with Gasteiger partial charge in [0.05, 0.1) is 18.7 Å². The van der Waals surface area contributed by atoms with E-state index in [-0.39, 0.29) is 23.4 Å². The Labute approximate surface area is 121 Å². The van der Waals surface area contributed by atoms with E-state index < -0.39 is 7.12 Å². The van der Waals surface area contributed by atoms with Crippen molar-refractivity contribution < 1.29 is 14.1 Å². The number of hydrogen-bond acceptors (Lipinski definition) is 3. The van der Waals surface area contributed by atoms with Crippen LogP contribution in [-0.4, -0.2) is 25.7 Å². The zero-order valence-corrected chi connectivity index (χ0v) is 12.6. The maximum Gasteiger partial charge on any atom is 0.486 e. The summed E-state index contributed by atoms with van der Waals surface area (Å²) >= 11 is 0. The average molecular weight is 275 g/mol. The smallest absolute Gasteiger partial charge is 0.407 e. The van der Waals surface area contributed by atoms with E-state index in [1.165, 1.54) is 6.92 Å². The quantitative estimate of drug-likeness (QED) is 0.861. The van der Waals surface area contributed by atoms with Crippen LogP contribution in [0.4, 0.5) is 0 Å². The molecule has 1 saturated heterocycles. The molecule has 1 unspecified atom stereocenters. The van der Waals surface area contributed by atoms with Crippen LogP contribution in [0, 0.1) is 5.41 Å². The summed E-state index contributed by atoms with van der Waals surface area (Å²) in [7, 11) is -0.439. The number of amides is 1. The summed E-state index contributed by atoms with van der Waals surface area (Å²) in [5.41, 5.74) is 1.01. The summed E-state index contributed by atoms with van der Waals surface area (Å²) in [6.07, 6.45) is 0.0347. The summed E-state index contributed by atoms with van der Waals surface area (Å²) < 4.78 is 11.8. The molecule has 2 atom stereocenters. The van der Waals surface area contributed by atoms with E-state index in [1.807, 2.05) is 30.3 Å². The zero-order valence-electron chi connectivity index (χ0n) is 12.6. The maximum absolute atomic E-state index is 11.4. The van der Waals surface area contributed by atoms with Crippen molar-refractivity contribution >= 4 is 13.0 Å². The predicted octanol–water partition coefficient (Wildman–Crippen LogP) is 2.35. The Balaban J connectivity index is 2.15. The lowest BCUT2D eigenvalue weighted by Gasteiger charge is -2.26. The van der Waals surface area contributed by atoms with Crippen molar-refractivity contribution in [2.24, 2.45) is 5.41 Å². The highest BCUT2D eigenvalue weighted by Gasteiger charge is 2.43. The molecule has 2 rings (SSSR count). The molecule has 0 spiro atoms. The van der Waals surface area contributed by atoms with Crippen LogP contribution in [-0.2, 0) is 14.1 Å². The molecule has 1 heterocycles. The summed E-state index contributed by atoms with van der Waals surface area (Å²) in [6, 6.07) is 9.78. The minimum atomic E-state index is -0.439. The van der Waals surface area contributed by atoms with Gasteiger partial charge in [-0.25, -0.2) is 0 Å². The third-order valence-corrected chi connectivity index (χ3v) is 3.47. The highest BCUT2D eigenvalue weighted by atomic mass is 16.6. The van der Waals surface area contributed by atoms with Gasteiger partial charge in [0.25, 0.3) is 0 Å². The SMILES string of the molecule is CC(=O)N[C@@H](B1OCC(C(C)(C)C)O1)c1ccccc1. The first-order valence-corrected chi connectivity index (χ1v) is 6.97. The van der Waals surface area contributed by atoms with E-state index in [9.17, 15) is 4.79 Å². The van der Waals surface area contributed by atoms with E-state index in [0.29, 0.717) is 6.61 Å². The van der Waals surface area contributed by atoms with Crippen LogP contribution in [0.2, 0.25) is 0 Å². The van der Waals surface area contributed by atoms with Crippen molar-refractivity contribution in [3.05, 3.63) is 35.9 Å². The van der Waals surface area contributed by atoms with Gasteiger partial charge < -0.3 is 14.6 Å². The second kappa shape index (κ2) is 5.98. The fourth-order valence-corrected chi connectivity index (χ4v) is 2.24. The van der Waals surface area contributed by atoms with Gasteiger partial charge in [-0.2, -0.15) is 0 Å². The molecule has 1 fully saturated rings. The zero-order chi connectivity index (χ0) is 14.8. The molecule has 1 aliphatic heterocycles. The number of carbonyl (C=O) groups is 1.